The maximum absolute atomic E-state index is 12.6. The largest absolute Gasteiger partial charge is 0.365 e. The quantitative estimate of drug-likeness (QED) is 0.373. The number of benzene rings is 3. The molecule has 0 saturated heterocycles. The van der Waals surface area contributed by atoms with Crippen LogP contribution in [0.15, 0.2) is 91.0 Å². The number of nitrogens with zero attached hydrogens (tertiary/aromatic N) is 2. The van der Waals surface area contributed by atoms with Crippen molar-refractivity contribution in [3.8, 4) is 11.4 Å². The summed E-state index contributed by atoms with van der Waals surface area (Å²) in [5.74, 6) is 1.53. The molecule has 2 N–H and O–H groups in total. The molecule has 0 aliphatic carbocycles. The van der Waals surface area contributed by atoms with Crippen LogP contribution in [0.4, 0.5) is 11.6 Å². The predicted molar refractivity (Wildman–Crippen MR) is 125 cm³/mol. The van der Waals surface area contributed by atoms with E-state index in [1.54, 1.807) is 6.92 Å². The number of aromatic nitrogens is 2. The van der Waals surface area contributed by atoms with Crippen LogP contribution in [0.5, 0.6) is 0 Å². The molecule has 0 amide bonds. The molecule has 5 nitrogen and oxygen atoms in total. The van der Waals surface area contributed by atoms with E-state index in [-0.39, 0.29) is 5.78 Å². The molecule has 31 heavy (non-hydrogen) atoms. The van der Waals surface area contributed by atoms with E-state index in [0.29, 0.717) is 36.1 Å². The molecule has 154 valence electrons. The molecule has 0 fully saturated rings. The minimum Gasteiger partial charge on any atom is -0.365 e. The van der Waals surface area contributed by atoms with Gasteiger partial charge in [0.05, 0.1) is 0 Å². The number of Topliss-reactive ketones (excluding diaryl/α,β-unsaturated/α-hetero) is 1. The Bertz CT molecular complexity index is 1080. The molecule has 4 rings (SSSR count). The third kappa shape index (κ3) is 5.14. The first-order chi connectivity index (χ1) is 15.2. The summed E-state index contributed by atoms with van der Waals surface area (Å²) in [6.45, 7) is 2.66. The van der Waals surface area contributed by atoms with Gasteiger partial charge in [0.15, 0.2) is 11.6 Å². The van der Waals surface area contributed by atoms with E-state index >= 15 is 0 Å². The van der Waals surface area contributed by atoms with Gasteiger partial charge in [0, 0.05) is 18.7 Å². The minimum absolute atomic E-state index is 0.0919. The van der Waals surface area contributed by atoms with Crippen molar-refractivity contribution in [2.24, 2.45) is 0 Å². The molecule has 0 aliphatic heterocycles. The molecule has 3 aromatic carbocycles. The van der Waals surface area contributed by atoms with Gasteiger partial charge in [-0.25, -0.2) is 9.97 Å². The fourth-order valence-electron chi connectivity index (χ4n) is 3.33. The number of hydrogen-bond donors (Lipinski definition) is 2. The number of carbonyl (C=O) groups is 1. The topological polar surface area (TPSA) is 66.9 Å². The summed E-state index contributed by atoms with van der Waals surface area (Å²) in [6.07, 6.45) is 0. The van der Waals surface area contributed by atoms with Crippen LogP contribution in [-0.2, 0) is 13.1 Å². The standard InChI is InChI=1S/C26H24N4O/c1-19(31)23-25(27-17-20-11-5-2-6-12-20)29-24(22-15-9-4-10-16-22)30-26(23)28-18-21-13-7-3-8-14-21/h2-16H,17-18H2,1H3,(H2,27,28,29,30). The predicted octanol–water partition coefficient (Wildman–Crippen LogP) is 5.57. The van der Waals surface area contributed by atoms with Gasteiger partial charge in [-0.05, 0) is 18.1 Å². The molecule has 0 radical (unpaired) electrons. The Morgan fingerprint density at radius 1 is 0.677 bits per heavy atom. The van der Waals surface area contributed by atoms with E-state index in [4.69, 9.17) is 9.97 Å². The molecule has 5 heteroatoms. The first-order valence-corrected chi connectivity index (χ1v) is 10.2. The molecule has 0 spiro atoms. The van der Waals surface area contributed by atoms with Gasteiger partial charge in [-0.1, -0.05) is 91.0 Å². The van der Waals surface area contributed by atoms with Crippen molar-refractivity contribution in [2.45, 2.75) is 20.0 Å². The summed E-state index contributed by atoms with van der Waals surface area (Å²) >= 11 is 0. The number of rotatable bonds is 8. The summed E-state index contributed by atoms with van der Waals surface area (Å²) in [5.41, 5.74) is 3.57. The van der Waals surface area contributed by atoms with Gasteiger partial charge in [-0.3, -0.25) is 4.79 Å². The molecule has 0 unspecified atom stereocenters. The van der Waals surface area contributed by atoms with Crippen molar-refractivity contribution in [3.63, 3.8) is 0 Å². The Morgan fingerprint density at radius 3 is 1.52 bits per heavy atom. The minimum atomic E-state index is -0.0919. The van der Waals surface area contributed by atoms with Crippen LogP contribution in [0.2, 0.25) is 0 Å². The molecular formula is C26H24N4O. The third-order valence-electron chi connectivity index (χ3n) is 4.90. The average molecular weight is 409 g/mol. The fourth-order valence-corrected chi connectivity index (χ4v) is 3.33. The molecule has 1 aromatic heterocycles. The summed E-state index contributed by atoms with van der Waals surface area (Å²) in [6, 6.07) is 29.9. The Hall–Kier alpha value is -3.99. The molecule has 0 bridgehead atoms. The highest BCUT2D eigenvalue weighted by molar-refractivity contribution is 6.03. The van der Waals surface area contributed by atoms with Gasteiger partial charge in [0.1, 0.15) is 17.2 Å². The number of anilines is 2. The summed E-state index contributed by atoms with van der Waals surface area (Å²) in [5, 5.41) is 6.70. The number of nitrogens with one attached hydrogen (secondary N) is 2. The van der Waals surface area contributed by atoms with Crippen molar-refractivity contribution in [2.75, 3.05) is 10.6 Å². The monoisotopic (exact) mass is 408 g/mol. The third-order valence-corrected chi connectivity index (χ3v) is 4.90. The first-order valence-electron chi connectivity index (χ1n) is 10.2. The zero-order chi connectivity index (χ0) is 21.5. The van der Waals surface area contributed by atoms with E-state index in [2.05, 4.69) is 10.6 Å². The lowest BCUT2D eigenvalue weighted by Crippen LogP contribution is -2.14. The number of ketones is 1. The van der Waals surface area contributed by atoms with Crippen LogP contribution in [0.25, 0.3) is 11.4 Å². The number of carbonyl (C=O) groups excluding carboxylic acids is 1. The van der Waals surface area contributed by atoms with Crippen molar-refractivity contribution < 1.29 is 4.79 Å². The first kappa shape index (κ1) is 20.3. The Labute approximate surface area is 182 Å². The van der Waals surface area contributed by atoms with E-state index in [1.165, 1.54) is 0 Å². The molecule has 0 saturated carbocycles. The smallest absolute Gasteiger partial charge is 0.167 e. The van der Waals surface area contributed by atoms with Crippen LogP contribution in [0, 0.1) is 0 Å². The Balaban J connectivity index is 1.72. The molecule has 0 atom stereocenters. The second-order valence-corrected chi connectivity index (χ2v) is 7.22. The number of hydrogen-bond acceptors (Lipinski definition) is 5. The van der Waals surface area contributed by atoms with Gasteiger partial charge in [-0.2, -0.15) is 0 Å². The summed E-state index contributed by atoms with van der Waals surface area (Å²) in [4.78, 5) is 22.0. The average Bonchev–Trinajstić information content (AvgIpc) is 2.82. The maximum atomic E-state index is 12.6. The highest BCUT2D eigenvalue weighted by Crippen LogP contribution is 2.27. The Morgan fingerprint density at radius 2 is 1.10 bits per heavy atom. The highest BCUT2D eigenvalue weighted by Gasteiger charge is 2.19. The van der Waals surface area contributed by atoms with E-state index < -0.39 is 0 Å². The molecule has 1 heterocycles. The summed E-state index contributed by atoms with van der Waals surface area (Å²) < 4.78 is 0. The van der Waals surface area contributed by atoms with Gasteiger partial charge >= 0.3 is 0 Å². The zero-order valence-electron chi connectivity index (χ0n) is 17.4. The maximum Gasteiger partial charge on any atom is 0.167 e. The van der Waals surface area contributed by atoms with Gasteiger partial charge in [0.2, 0.25) is 0 Å². The van der Waals surface area contributed by atoms with Crippen LogP contribution < -0.4 is 10.6 Å². The molecular weight excluding hydrogens is 384 g/mol. The lowest BCUT2D eigenvalue weighted by Gasteiger charge is -2.16. The second-order valence-electron chi connectivity index (χ2n) is 7.22. The van der Waals surface area contributed by atoms with Crippen LogP contribution in [0.3, 0.4) is 0 Å². The fraction of sp³-hybridized carbons (Fsp3) is 0.115. The van der Waals surface area contributed by atoms with Crippen molar-refractivity contribution in [1.82, 2.24) is 9.97 Å². The van der Waals surface area contributed by atoms with Crippen LogP contribution in [-0.4, -0.2) is 15.8 Å². The van der Waals surface area contributed by atoms with E-state index in [1.807, 2.05) is 91.0 Å². The van der Waals surface area contributed by atoms with Crippen LogP contribution in [0.1, 0.15) is 28.4 Å². The molecule has 0 aliphatic rings. The van der Waals surface area contributed by atoms with Crippen molar-refractivity contribution in [3.05, 3.63) is 108 Å². The van der Waals surface area contributed by atoms with Gasteiger partial charge in [-0.15, -0.1) is 0 Å². The normalized spacial score (nSPS) is 10.5. The van der Waals surface area contributed by atoms with E-state index in [0.717, 1.165) is 16.7 Å². The highest BCUT2D eigenvalue weighted by atomic mass is 16.1. The lowest BCUT2D eigenvalue weighted by atomic mass is 10.1. The SMILES string of the molecule is CC(=O)c1c(NCc2ccccc2)nc(-c2ccccc2)nc1NCc1ccccc1. The van der Waals surface area contributed by atoms with Gasteiger partial charge in [0.25, 0.3) is 0 Å². The molecule has 4 aromatic rings. The van der Waals surface area contributed by atoms with Gasteiger partial charge < -0.3 is 10.6 Å². The Kier molecular flexibility index (Phi) is 6.33. The zero-order valence-corrected chi connectivity index (χ0v) is 17.4. The lowest BCUT2D eigenvalue weighted by molar-refractivity contribution is 0.101. The van der Waals surface area contributed by atoms with E-state index in [9.17, 15) is 4.79 Å². The summed E-state index contributed by atoms with van der Waals surface area (Å²) in [7, 11) is 0. The van der Waals surface area contributed by atoms with Crippen molar-refractivity contribution in [1.29, 1.82) is 0 Å². The van der Waals surface area contributed by atoms with Crippen LogP contribution >= 0.6 is 0 Å². The van der Waals surface area contributed by atoms with Crippen molar-refractivity contribution >= 4 is 17.4 Å². The second kappa shape index (κ2) is 9.67.